The molecular formula is C21H16N4O4S. The zero-order chi connectivity index (χ0) is 20.9. The molecule has 0 saturated carbocycles. The summed E-state index contributed by atoms with van der Waals surface area (Å²) in [6.45, 7) is 0. The van der Waals surface area contributed by atoms with Gasteiger partial charge in [-0.15, -0.1) is 10.2 Å². The Hall–Kier alpha value is -3.85. The van der Waals surface area contributed by atoms with Crippen molar-refractivity contribution in [2.24, 2.45) is 0 Å². The molecule has 2 N–H and O–H groups in total. The molecule has 4 aromatic rings. The van der Waals surface area contributed by atoms with E-state index in [9.17, 15) is 9.59 Å². The van der Waals surface area contributed by atoms with E-state index < -0.39 is 5.97 Å². The number of amides is 1. The number of nitrogens with zero attached hydrogens (tertiary/aromatic N) is 3. The third kappa shape index (κ3) is 4.26. The lowest BCUT2D eigenvalue weighted by molar-refractivity contribution is -0.113. The van der Waals surface area contributed by atoms with Gasteiger partial charge >= 0.3 is 5.97 Å². The predicted octanol–water partition coefficient (Wildman–Crippen LogP) is 3.96. The van der Waals surface area contributed by atoms with Crippen LogP contribution in [-0.2, 0) is 4.79 Å². The first-order valence-corrected chi connectivity index (χ1v) is 9.91. The van der Waals surface area contributed by atoms with Gasteiger partial charge in [-0.25, -0.2) is 4.79 Å². The van der Waals surface area contributed by atoms with Gasteiger partial charge in [-0.2, -0.15) is 0 Å². The summed E-state index contributed by atoms with van der Waals surface area (Å²) in [7, 11) is 0. The molecule has 4 rings (SSSR count). The minimum Gasteiger partial charge on any atom is -0.478 e. The number of carbonyl (C=O) groups excluding carboxylic acids is 1. The van der Waals surface area contributed by atoms with Crippen molar-refractivity contribution in [2.75, 3.05) is 11.1 Å². The molecule has 0 spiro atoms. The number of rotatable bonds is 7. The molecule has 0 fully saturated rings. The molecule has 1 amide bonds. The van der Waals surface area contributed by atoms with Crippen LogP contribution >= 0.6 is 11.8 Å². The minimum atomic E-state index is -1.02. The fraction of sp³-hybridized carbons (Fsp3) is 0.0476. The Balaban J connectivity index is 1.50. The van der Waals surface area contributed by atoms with Crippen molar-refractivity contribution in [1.29, 1.82) is 0 Å². The number of carboxylic acid groups (broad SMARTS) is 1. The lowest BCUT2D eigenvalue weighted by Gasteiger charge is -2.09. The molecule has 150 valence electrons. The van der Waals surface area contributed by atoms with Crippen LogP contribution < -0.4 is 5.32 Å². The maximum atomic E-state index is 12.4. The van der Waals surface area contributed by atoms with Crippen LogP contribution in [0.4, 0.5) is 5.69 Å². The number of thioether (sulfide) groups is 1. The monoisotopic (exact) mass is 420 g/mol. The van der Waals surface area contributed by atoms with Crippen molar-refractivity contribution in [1.82, 2.24) is 14.8 Å². The maximum absolute atomic E-state index is 12.4. The van der Waals surface area contributed by atoms with Gasteiger partial charge in [-0.05, 0) is 48.5 Å². The third-order valence-electron chi connectivity index (χ3n) is 4.14. The molecule has 30 heavy (non-hydrogen) atoms. The number of benzene rings is 2. The average molecular weight is 420 g/mol. The number of hydrogen-bond donors (Lipinski definition) is 2. The SMILES string of the molecule is O=C(CSc1nnc(-c2ccco2)n1-c1ccccc1)Nc1ccc(C(=O)O)cc1. The summed E-state index contributed by atoms with van der Waals surface area (Å²) in [6.07, 6.45) is 1.56. The Bertz CT molecular complexity index is 1160. The van der Waals surface area contributed by atoms with E-state index in [1.54, 1.807) is 30.5 Å². The first-order chi connectivity index (χ1) is 14.6. The van der Waals surface area contributed by atoms with Crippen molar-refractivity contribution in [3.63, 3.8) is 0 Å². The smallest absolute Gasteiger partial charge is 0.335 e. The highest BCUT2D eigenvalue weighted by molar-refractivity contribution is 7.99. The number of carboxylic acids is 1. The number of anilines is 1. The van der Waals surface area contributed by atoms with Crippen LogP contribution in [-0.4, -0.2) is 37.5 Å². The van der Waals surface area contributed by atoms with Gasteiger partial charge in [-0.3, -0.25) is 9.36 Å². The molecule has 0 bridgehead atoms. The molecule has 0 aliphatic carbocycles. The second kappa shape index (κ2) is 8.66. The zero-order valence-corrected chi connectivity index (χ0v) is 16.4. The molecule has 2 aromatic heterocycles. The van der Waals surface area contributed by atoms with E-state index >= 15 is 0 Å². The molecule has 2 heterocycles. The Morgan fingerprint density at radius 3 is 2.43 bits per heavy atom. The van der Waals surface area contributed by atoms with Crippen molar-refractivity contribution in [3.8, 4) is 17.3 Å². The van der Waals surface area contributed by atoms with Gasteiger partial charge in [0, 0.05) is 11.4 Å². The number of furan rings is 1. The molecule has 9 heteroatoms. The van der Waals surface area contributed by atoms with E-state index in [0.29, 0.717) is 22.4 Å². The number of aromatic carboxylic acids is 1. The van der Waals surface area contributed by atoms with E-state index in [1.165, 1.54) is 23.9 Å². The fourth-order valence-corrected chi connectivity index (χ4v) is 3.51. The van der Waals surface area contributed by atoms with Crippen LogP contribution in [0.1, 0.15) is 10.4 Å². The highest BCUT2D eigenvalue weighted by Gasteiger charge is 2.18. The zero-order valence-electron chi connectivity index (χ0n) is 15.6. The maximum Gasteiger partial charge on any atom is 0.335 e. The second-order valence-electron chi connectivity index (χ2n) is 6.17. The van der Waals surface area contributed by atoms with Gasteiger partial charge in [0.2, 0.25) is 11.7 Å². The van der Waals surface area contributed by atoms with Crippen LogP contribution in [0.15, 0.2) is 82.6 Å². The molecule has 0 aliphatic heterocycles. The predicted molar refractivity (Wildman–Crippen MR) is 112 cm³/mol. The number of hydrogen-bond acceptors (Lipinski definition) is 6. The van der Waals surface area contributed by atoms with E-state index in [0.717, 1.165) is 5.69 Å². The van der Waals surface area contributed by atoms with Crippen molar-refractivity contribution in [3.05, 3.63) is 78.6 Å². The van der Waals surface area contributed by atoms with Gasteiger partial charge < -0.3 is 14.8 Å². The number of aromatic nitrogens is 3. The third-order valence-corrected chi connectivity index (χ3v) is 5.07. The molecule has 0 radical (unpaired) electrons. The standard InChI is InChI=1S/C21H16N4O4S/c26-18(22-15-10-8-14(9-11-15)20(27)28)13-30-21-24-23-19(17-7-4-12-29-17)25(21)16-5-2-1-3-6-16/h1-12H,13H2,(H,22,26)(H,27,28). The molecule has 0 unspecified atom stereocenters. The highest BCUT2D eigenvalue weighted by Crippen LogP contribution is 2.28. The minimum absolute atomic E-state index is 0.101. The largest absolute Gasteiger partial charge is 0.478 e. The molecule has 8 nitrogen and oxygen atoms in total. The molecule has 0 saturated heterocycles. The number of para-hydroxylation sites is 1. The van der Waals surface area contributed by atoms with Crippen LogP contribution in [0, 0.1) is 0 Å². The normalized spacial score (nSPS) is 10.7. The van der Waals surface area contributed by atoms with Crippen LogP contribution in [0.2, 0.25) is 0 Å². The second-order valence-corrected chi connectivity index (χ2v) is 7.12. The summed E-state index contributed by atoms with van der Waals surface area (Å²) in [5.41, 5.74) is 1.52. The molecule has 0 atom stereocenters. The summed E-state index contributed by atoms with van der Waals surface area (Å²) >= 11 is 1.24. The number of nitrogens with one attached hydrogen (secondary N) is 1. The van der Waals surface area contributed by atoms with Crippen LogP contribution in [0.25, 0.3) is 17.3 Å². The summed E-state index contributed by atoms with van der Waals surface area (Å²) in [6, 6.07) is 19.1. The summed E-state index contributed by atoms with van der Waals surface area (Å²) < 4.78 is 7.30. The van der Waals surface area contributed by atoms with E-state index in [4.69, 9.17) is 9.52 Å². The van der Waals surface area contributed by atoms with E-state index in [1.807, 2.05) is 34.9 Å². The summed E-state index contributed by atoms with van der Waals surface area (Å²) in [5, 5.41) is 20.7. The lowest BCUT2D eigenvalue weighted by Crippen LogP contribution is -2.14. The Labute approximate surface area is 175 Å². The first kappa shape index (κ1) is 19.5. The molecular weight excluding hydrogens is 404 g/mol. The summed E-state index contributed by atoms with van der Waals surface area (Å²) in [4.78, 5) is 23.3. The Morgan fingerprint density at radius 1 is 1.00 bits per heavy atom. The van der Waals surface area contributed by atoms with E-state index in [2.05, 4.69) is 15.5 Å². The van der Waals surface area contributed by atoms with Crippen molar-refractivity contribution < 1.29 is 19.1 Å². The average Bonchev–Trinajstić information content (AvgIpc) is 3.43. The molecule has 0 aliphatic rings. The quantitative estimate of drug-likeness (QED) is 0.436. The Morgan fingerprint density at radius 2 is 1.77 bits per heavy atom. The van der Waals surface area contributed by atoms with Crippen molar-refractivity contribution in [2.45, 2.75) is 5.16 Å². The van der Waals surface area contributed by atoms with Crippen LogP contribution in [0.3, 0.4) is 0 Å². The van der Waals surface area contributed by atoms with Crippen LogP contribution in [0.5, 0.6) is 0 Å². The van der Waals surface area contributed by atoms with Gasteiger partial charge in [-0.1, -0.05) is 30.0 Å². The molecule has 2 aromatic carbocycles. The van der Waals surface area contributed by atoms with Gasteiger partial charge in [0.15, 0.2) is 10.9 Å². The first-order valence-electron chi connectivity index (χ1n) is 8.92. The Kier molecular flexibility index (Phi) is 5.62. The summed E-state index contributed by atoms with van der Waals surface area (Å²) in [5.74, 6) is -0.0510. The highest BCUT2D eigenvalue weighted by atomic mass is 32.2. The van der Waals surface area contributed by atoms with Gasteiger partial charge in [0.1, 0.15) is 0 Å². The van der Waals surface area contributed by atoms with Gasteiger partial charge in [0.05, 0.1) is 17.6 Å². The van der Waals surface area contributed by atoms with Crippen molar-refractivity contribution >= 4 is 29.3 Å². The fourth-order valence-electron chi connectivity index (χ4n) is 2.76. The lowest BCUT2D eigenvalue weighted by atomic mass is 10.2. The van der Waals surface area contributed by atoms with Gasteiger partial charge in [0.25, 0.3) is 0 Å². The topological polar surface area (TPSA) is 110 Å². The van der Waals surface area contributed by atoms with E-state index in [-0.39, 0.29) is 17.2 Å². The number of carbonyl (C=O) groups is 2.